The molecule has 2 atom stereocenters. The van der Waals surface area contributed by atoms with Crippen LogP contribution < -0.4 is 10.4 Å². The quantitative estimate of drug-likeness (QED) is 0.490. The maximum absolute atomic E-state index is 13.3. The fourth-order valence-electron chi connectivity index (χ4n) is 4.23. The van der Waals surface area contributed by atoms with E-state index in [0.717, 1.165) is 41.0 Å². The Kier molecular flexibility index (Phi) is 6.47. The molecule has 30 heavy (non-hydrogen) atoms. The van der Waals surface area contributed by atoms with Crippen molar-refractivity contribution in [3.05, 3.63) is 49.0 Å². The summed E-state index contributed by atoms with van der Waals surface area (Å²) in [6, 6.07) is 7.32. The summed E-state index contributed by atoms with van der Waals surface area (Å²) < 4.78 is 1.57. The highest BCUT2D eigenvalue weighted by atomic mass is 79.9. The molecule has 160 valence electrons. The number of nitrogens with zero attached hydrogens (tertiary/aromatic N) is 3. The van der Waals surface area contributed by atoms with E-state index in [9.17, 15) is 4.79 Å². The summed E-state index contributed by atoms with van der Waals surface area (Å²) in [7, 11) is 2.08. The Morgan fingerprint density at radius 3 is 2.63 bits per heavy atom. The first-order valence-corrected chi connectivity index (χ1v) is 12.4. The molecule has 1 aromatic heterocycles. The smallest absolute Gasteiger partial charge is 0.263 e. The number of quaternary nitrogens is 1. The zero-order valence-electron chi connectivity index (χ0n) is 16.9. The number of hydrogen-bond donors (Lipinski definition) is 1. The van der Waals surface area contributed by atoms with Gasteiger partial charge in [-0.1, -0.05) is 30.1 Å². The normalized spacial score (nSPS) is 23.4. The lowest BCUT2D eigenvalue weighted by molar-refractivity contribution is -0.947. The molecule has 1 N–H and O–H groups in total. The molecule has 1 saturated heterocycles. The van der Waals surface area contributed by atoms with Gasteiger partial charge in [-0.15, -0.1) is 11.3 Å². The Morgan fingerprint density at radius 2 is 2.00 bits per heavy atom. The third kappa shape index (κ3) is 4.41. The van der Waals surface area contributed by atoms with Crippen molar-refractivity contribution < 1.29 is 9.39 Å². The highest BCUT2D eigenvalue weighted by Crippen LogP contribution is 2.44. The van der Waals surface area contributed by atoms with E-state index in [1.165, 1.54) is 6.42 Å². The van der Waals surface area contributed by atoms with Gasteiger partial charge in [0.05, 0.1) is 23.8 Å². The molecule has 1 amide bonds. The van der Waals surface area contributed by atoms with Gasteiger partial charge < -0.3 is 0 Å². The number of carbonyl (C=O) groups is 1. The van der Waals surface area contributed by atoms with Gasteiger partial charge in [0, 0.05) is 25.7 Å². The van der Waals surface area contributed by atoms with Crippen LogP contribution in [0.2, 0.25) is 10.0 Å². The Morgan fingerprint density at radius 1 is 1.27 bits per heavy atom. The highest BCUT2D eigenvalue weighted by molar-refractivity contribution is 9.10. The van der Waals surface area contributed by atoms with Gasteiger partial charge in [-0.25, -0.2) is 4.59 Å². The van der Waals surface area contributed by atoms with Crippen LogP contribution in [0.25, 0.3) is 0 Å². The standard InChI is InChI=1S/C21H23BrCl2N4OS/c1-13-19(21(29)26-28(2)8-4-3-5-9-28)25-27(17-7-6-15(23)11-16(17)24)20(13)18-10-14(22)12-30-18/h6-7,10-13,20H,3-5,8-9H2,1-2H3/p+1/t13-,20-/m0/s1. The van der Waals surface area contributed by atoms with Gasteiger partial charge in [0.15, 0.2) is 0 Å². The minimum absolute atomic E-state index is 0.0984. The van der Waals surface area contributed by atoms with Crippen molar-refractivity contribution in [1.29, 1.82) is 0 Å². The number of hydrazone groups is 1. The average Bonchev–Trinajstić information content (AvgIpc) is 3.25. The van der Waals surface area contributed by atoms with Crippen LogP contribution in [0.3, 0.4) is 0 Å². The van der Waals surface area contributed by atoms with Gasteiger partial charge in [0.1, 0.15) is 18.8 Å². The summed E-state index contributed by atoms with van der Waals surface area (Å²) >= 11 is 17.8. The topological polar surface area (TPSA) is 44.7 Å². The molecule has 1 fully saturated rings. The van der Waals surface area contributed by atoms with Crippen LogP contribution in [0.5, 0.6) is 0 Å². The first kappa shape index (κ1) is 22.1. The molecule has 0 saturated carbocycles. The second-order valence-electron chi connectivity index (χ2n) is 8.17. The molecule has 0 spiro atoms. The van der Waals surface area contributed by atoms with Crippen molar-refractivity contribution in [2.24, 2.45) is 11.0 Å². The fourth-order valence-corrected chi connectivity index (χ4v) is 6.36. The lowest BCUT2D eigenvalue weighted by Crippen LogP contribution is -2.61. The number of amides is 1. The predicted molar refractivity (Wildman–Crippen MR) is 128 cm³/mol. The van der Waals surface area contributed by atoms with Gasteiger partial charge in [-0.05, 0) is 59.5 Å². The van der Waals surface area contributed by atoms with E-state index in [2.05, 4.69) is 41.4 Å². The number of hydrogen-bond acceptors (Lipinski definition) is 4. The summed E-state index contributed by atoms with van der Waals surface area (Å²) in [6.07, 6.45) is 3.47. The van der Waals surface area contributed by atoms with E-state index in [4.69, 9.17) is 28.3 Å². The molecule has 9 heteroatoms. The molecule has 5 nitrogen and oxygen atoms in total. The number of benzene rings is 1. The predicted octanol–water partition coefficient (Wildman–Crippen LogP) is 6.03. The van der Waals surface area contributed by atoms with Crippen molar-refractivity contribution >= 4 is 67.8 Å². The summed E-state index contributed by atoms with van der Waals surface area (Å²) in [5, 5.41) is 9.77. The van der Waals surface area contributed by atoms with E-state index in [1.54, 1.807) is 23.5 Å². The highest BCUT2D eigenvalue weighted by Gasteiger charge is 2.42. The van der Waals surface area contributed by atoms with Crippen LogP contribution >= 0.6 is 50.5 Å². The van der Waals surface area contributed by atoms with Crippen molar-refractivity contribution in [3.8, 4) is 0 Å². The summed E-state index contributed by atoms with van der Waals surface area (Å²) in [5.41, 5.74) is 4.49. The molecular formula is C21H24BrCl2N4OS+. The Hall–Kier alpha value is -1.12. The van der Waals surface area contributed by atoms with Gasteiger partial charge in [-0.2, -0.15) is 10.5 Å². The minimum Gasteiger partial charge on any atom is -0.263 e. The maximum Gasteiger partial charge on any atom is 0.312 e. The van der Waals surface area contributed by atoms with Crippen molar-refractivity contribution in [3.63, 3.8) is 0 Å². The Balaban J connectivity index is 1.69. The summed E-state index contributed by atoms with van der Waals surface area (Å²) in [4.78, 5) is 14.4. The molecule has 0 bridgehead atoms. The lowest BCUT2D eigenvalue weighted by Gasteiger charge is -2.36. The SMILES string of the molecule is C[C@H]1C(C(=O)N[N+]2(C)CCCCC2)=NN(c2ccc(Cl)cc2Cl)[C@@H]1c1cc(Br)cs1. The first-order chi connectivity index (χ1) is 14.3. The van der Waals surface area contributed by atoms with Crippen molar-refractivity contribution in [1.82, 2.24) is 5.43 Å². The molecule has 2 aliphatic heterocycles. The van der Waals surface area contributed by atoms with E-state index < -0.39 is 0 Å². The fraction of sp³-hybridized carbons (Fsp3) is 0.429. The maximum atomic E-state index is 13.3. The summed E-state index contributed by atoms with van der Waals surface area (Å²) in [5.74, 6) is -0.209. The zero-order valence-corrected chi connectivity index (χ0v) is 20.8. The van der Waals surface area contributed by atoms with Crippen LogP contribution in [0.15, 0.2) is 39.2 Å². The molecule has 0 unspecified atom stereocenters. The monoisotopic (exact) mass is 529 g/mol. The third-order valence-corrected chi connectivity index (χ3v) is 8.13. The largest absolute Gasteiger partial charge is 0.312 e. The number of thiophene rings is 1. The molecule has 1 aromatic carbocycles. The Bertz CT molecular complexity index is 989. The van der Waals surface area contributed by atoms with Gasteiger partial charge >= 0.3 is 5.91 Å². The van der Waals surface area contributed by atoms with Gasteiger partial charge in [0.2, 0.25) is 0 Å². The molecule has 0 aliphatic carbocycles. The van der Waals surface area contributed by atoms with Crippen LogP contribution in [0, 0.1) is 5.92 Å². The second kappa shape index (κ2) is 8.79. The molecule has 0 radical (unpaired) electrons. The number of rotatable bonds is 4. The molecule has 2 aromatic rings. The Labute approximate surface area is 199 Å². The van der Waals surface area contributed by atoms with E-state index in [1.807, 2.05) is 16.5 Å². The average molecular weight is 531 g/mol. The molecule has 2 aliphatic rings. The molecular weight excluding hydrogens is 507 g/mol. The number of carbonyl (C=O) groups excluding carboxylic acids is 1. The van der Waals surface area contributed by atoms with Gasteiger partial charge in [-0.3, -0.25) is 9.80 Å². The van der Waals surface area contributed by atoms with E-state index >= 15 is 0 Å². The minimum atomic E-state index is -0.118. The number of anilines is 1. The number of piperidine rings is 1. The van der Waals surface area contributed by atoms with Gasteiger partial charge in [0.25, 0.3) is 0 Å². The third-order valence-electron chi connectivity index (χ3n) is 5.83. The molecule has 4 rings (SSSR count). The number of halogens is 3. The second-order valence-corrected chi connectivity index (χ2v) is 10.9. The van der Waals surface area contributed by atoms with Crippen LogP contribution in [0.4, 0.5) is 5.69 Å². The lowest BCUT2D eigenvalue weighted by atomic mass is 9.95. The van der Waals surface area contributed by atoms with Crippen LogP contribution in [0.1, 0.15) is 37.1 Å². The van der Waals surface area contributed by atoms with Crippen molar-refractivity contribution in [2.75, 3.05) is 25.1 Å². The first-order valence-electron chi connectivity index (χ1n) is 10.0. The van der Waals surface area contributed by atoms with Crippen molar-refractivity contribution in [2.45, 2.75) is 32.2 Å². The van der Waals surface area contributed by atoms with E-state index in [-0.39, 0.29) is 17.9 Å². The van der Waals surface area contributed by atoms with Crippen LogP contribution in [-0.4, -0.2) is 36.3 Å². The summed E-state index contributed by atoms with van der Waals surface area (Å²) in [6.45, 7) is 3.94. The zero-order chi connectivity index (χ0) is 21.5. The van der Waals surface area contributed by atoms with Crippen LogP contribution in [-0.2, 0) is 4.79 Å². The van der Waals surface area contributed by atoms with E-state index in [0.29, 0.717) is 20.3 Å². The molecule has 3 heterocycles. The number of nitrogens with one attached hydrogen (secondary N) is 1. The number of likely N-dealkylation sites (tertiary alicyclic amines) is 1.